The lowest BCUT2D eigenvalue weighted by Crippen LogP contribution is -2.36. The van der Waals surface area contributed by atoms with E-state index >= 15 is 0 Å². The number of carbonyl (C=O) groups excluding carboxylic acids is 1. The van der Waals surface area contributed by atoms with Crippen LogP contribution >= 0.6 is 0 Å². The van der Waals surface area contributed by atoms with Gasteiger partial charge in [0.05, 0.1) is 0 Å². The summed E-state index contributed by atoms with van der Waals surface area (Å²) in [6, 6.07) is 5.62. The van der Waals surface area contributed by atoms with Crippen molar-refractivity contribution in [2.75, 3.05) is 0 Å². The van der Waals surface area contributed by atoms with Crippen LogP contribution in [0.3, 0.4) is 0 Å². The highest BCUT2D eigenvalue weighted by atomic mass is 19.1. The SMILES string of the molecule is Cc1cccc(-c2cc(=O)n(CCC(C)(C)C(=O)NO)cc2F)c1F. The number of hydrogen-bond donors (Lipinski definition) is 2. The number of amides is 1. The summed E-state index contributed by atoms with van der Waals surface area (Å²) in [5, 5.41) is 8.71. The Labute approximate surface area is 143 Å². The number of aromatic nitrogens is 1. The summed E-state index contributed by atoms with van der Waals surface area (Å²) in [6.07, 6.45) is 1.21. The molecule has 0 saturated carbocycles. The van der Waals surface area contributed by atoms with Gasteiger partial charge in [0.1, 0.15) is 11.6 Å². The quantitative estimate of drug-likeness (QED) is 0.643. The number of aryl methyl sites for hydroxylation is 2. The predicted molar refractivity (Wildman–Crippen MR) is 89.1 cm³/mol. The fraction of sp³-hybridized carbons (Fsp3) is 0.333. The van der Waals surface area contributed by atoms with Gasteiger partial charge in [-0.3, -0.25) is 14.8 Å². The van der Waals surface area contributed by atoms with Gasteiger partial charge in [-0.1, -0.05) is 32.0 Å². The van der Waals surface area contributed by atoms with Crippen LogP contribution in [0.4, 0.5) is 8.78 Å². The van der Waals surface area contributed by atoms with Crippen LogP contribution < -0.4 is 11.0 Å². The summed E-state index contributed by atoms with van der Waals surface area (Å²) in [6.45, 7) is 4.83. The maximum atomic E-state index is 14.4. The Kier molecular flexibility index (Phi) is 5.37. The van der Waals surface area contributed by atoms with E-state index in [1.807, 2.05) is 0 Å². The Morgan fingerprint density at radius 2 is 1.96 bits per heavy atom. The van der Waals surface area contributed by atoms with E-state index < -0.39 is 28.5 Å². The van der Waals surface area contributed by atoms with Gasteiger partial charge in [-0.15, -0.1) is 0 Å². The van der Waals surface area contributed by atoms with Gasteiger partial charge >= 0.3 is 0 Å². The minimum atomic E-state index is -0.939. The van der Waals surface area contributed by atoms with E-state index in [0.717, 1.165) is 16.8 Å². The first kappa shape index (κ1) is 18.8. The van der Waals surface area contributed by atoms with Gasteiger partial charge in [0, 0.05) is 35.3 Å². The normalized spacial score (nSPS) is 11.4. The summed E-state index contributed by atoms with van der Waals surface area (Å²) in [4.78, 5) is 23.8. The first-order valence-electron chi connectivity index (χ1n) is 7.77. The van der Waals surface area contributed by atoms with Gasteiger partial charge in [0.25, 0.3) is 5.56 Å². The summed E-state index contributed by atoms with van der Waals surface area (Å²) in [5.41, 5.74) is 0.413. The van der Waals surface area contributed by atoms with Crippen molar-refractivity contribution in [3.63, 3.8) is 0 Å². The molecule has 0 radical (unpaired) electrons. The lowest BCUT2D eigenvalue weighted by molar-refractivity contribution is -0.138. The Hall–Kier alpha value is -2.54. The van der Waals surface area contributed by atoms with Crippen molar-refractivity contribution in [1.29, 1.82) is 0 Å². The molecular weight excluding hydrogens is 330 g/mol. The van der Waals surface area contributed by atoms with Crippen LogP contribution in [0.5, 0.6) is 0 Å². The zero-order valence-corrected chi connectivity index (χ0v) is 14.3. The number of rotatable bonds is 5. The molecule has 7 heteroatoms. The standard InChI is InChI=1S/C18H20F2N2O3/c1-11-5-4-6-12(16(11)20)13-9-15(23)22(10-14(13)19)8-7-18(2,3)17(24)21-25/h4-6,9-10,25H,7-8H2,1-3H3,(H,21,24). The molecule has 0 aliphatic heterocycles. The molecule has 0 spiro atoms. The molecule has 2 N–H and O–H groups in total. The van der Waals surface area contributed by atoms with Crippen LogP contribution in [0.15, 0.2) is 35.3 Å². The van der Waals surface area contributed by atoms with Crippen molar-refractivity contribution in [2.24, 2.45) is 5.41 Å². The van der Waals surface area contributed by atoms with Gasteiger partial charge in [-0.25, -0.2) is 14.3 Å². The fourth-order valence-corrected chi connectivity index (χ4v) is 2.45. The highest BCUT2D eigenvalue weighted by Crippen LogP contribution is 2.26. The lowest BCUT2D eigenvalue weighted by Gasteiger charge is -2.22. The van der Waals surface area contributed by atoms with Crippen LogP contribution in [-0.4, -0.2) is 15.7 Å². The molecule has 134 valence electrons. The monoisotopic (exact) mass is 350 g/mol. The van der Waals surface area contributed by atoms with E-state index in [2.05, 4.69) is 0 Å². The predicted octanol–water partition coefficient (Wildman–Crippen LogP) is 3.02. The second-order valence-corrected chi connectivity index (χ2v) is 6.58. The number of hydroxylamine groups is 1. The number of nitrogens with zero attached hydrogens (tertiary/aromatic N) is 1. The van der Waals surface area contributed by atoms with E-state index in [1.54, 1.807) is 38.4 Å². The van der Waals surface area contributed by atoms with Crippen LogP contribution in [0.2, 0.25) is 0 Å². The molecule has 25 heavy (non-hydrogen) atoms. The molecular formula is C18H20F2N2O3. The van der Waals surface area contributed by atoms with Gasteiger partial charge in [-0.05, 0) is 18.9 Å². The zero-order chi connectivity index (χ0) is 18.8. The van der Waals surface area contributed by atoms with E-state index in [0.29, 0.717) is 5.56 Å². The number of pyridine rings is 1. The minimum Gasteiger partial charge on any atom is -0.313 e. The van der Waals surface area contributed by atoms with Gasteiger partial charge in [0.15, 0.2) is 0 Å². The largest absolute Gasteiger partial charge is 0.313 e. The van der Waals surface area contributed by atoms with E-state index in [1.165, 1.54) is 6.07 Å². The summed E-state index contributed by atoms with van der Waals surface area (Å²) in [5.74, 6) is -1.90. The molecule has 1 aromatic carbocycles. The molecule has 0 atom stereocenters. The van der Waals surface area contributed by atoms with Crippen LogP contribution in [0.25, 0.3) is 11.1 Å². The molecule has 2 aromatic rings. The minimum absolute atomic E-state index is 0.0294. The summed E-state index contributed by atoms with van der Waals surface area (Å²) in [7, 11) is 0. The first-order chi connectivity index (χ1) is 11.7. The maximum Gasteiger partial charge on any atom is 0.251 e. The molecule has 0 aliphatic rings. The maximum absolute atomic E-state index is 14.4. The van der Waals surface area contributed by atoms with Crippen molar-refractivity contribution in [1.82, 2.24) is 10.0 Å². The molecule has 0 unspecified atom stereocenters. The molecule has 0 saturated heterocycles. The highest BCUT2D eigenvalue weighted by Gasteiger charge is 2.27. The number of halogens is 2. The third-order valence-corrected chi connectivity index (χ3v) is 4.25. The van der Waals surface area contributed by atoms with Crippen molar-refractivity contribution in [3.8, 4) is 11.1 Å². The Morgan fingerprint density at radius 1 is 1.28 bits per heavy atom. The molecule has 0 aliphatic carbocycles. The molecule has 2 rings (SSSR count). The van der Waals surface area contributed by atoms with E-state index in [4.69, 9.17) is 5.21 Å². The first-order valence-corrected chi connectivity index (χ1v) is 7.77. The van der Waals surface area contributed by atoms with Crippen molar-refractivity contribution >= 4 is 5.91 Å². The van der Waals surface area contributed by atoms with Crippen molar-refractivity contribution in [2.45, 2.75) is 33.7 Å². The number of carbonyl (C=O) groups is 1. The van der Waals surface area contributed by atoms with Crippen molar-refractivity contribution in [3.05, 3.63) is 58.0 Å². The van der Waals surface area contributed by atoms with Crippen LogP contribution in [0, 0.1) is 24.0 Å². The topological polar surface area (TPSA) is 71.3 Å². The highest BCUT2D eigenvalue weighted by molar-refractivity contribution is 5.80. The zero-order valence-electron chi connectivity index (χ0n) is 14.3. The molecule has 1 aromatic heterocycles. The van der Waals surface area contributed by atoms with E-state index in [-0.39, 0.29) is 24.1 Å². The van der Waals surface area contributed by atoms with E-state index in [9.17, 15) is 18.4 Å². The van der Waals surface area contributed by atoms with Crippen molar-refractivity contribution < 1.29 is 18.8 Å². The Morgan fingerprint density at radius 3 is 2.60 bits per heavy atom. The molecule has 0 fully saturated rings. The molecule has 1 heterocycles. The van der Waals surface area contributed by atoms with Crippen LogP contribution in [0.1, 0.15) is 25.8 Å². The van der Waals surface area contributed by atoms with Crippen LogP contribution in [-0.2, 0) is 11.3 Å². The molecule has 0 bridgehead atoms. The van der Waals surface area contributed by atoms with Gasteiger partial charge in [-0.2, -0.15) is 0 Å². The Balaban J connectivity index is 2.34. The molecule has 1 amide bonds. The average molecular weight is 350 g/mol. The van der Waals surface area contributed by atoms with Gasteiger partial charge in [0.2, 0.25) is 5.91 Å². The fourth-order valence-electron chi connectivity index (χ4n) is 2.45. The summed E-state index contributed by atoms with van der Waals surface area (Å²) >= 11 is 0. The lowest BCUT2D eigenvalue weighted by atomic mass is 9.88. The number of benzene rings is 1. The second-order valence-electron chi connectivity index (χ2n) is 6.58. The van der Waals surface area contributed by atoms with Gasteiger partial charge < -0.3 is 4.57 Å². The second kappa shape index (κ2) is 7.14. The third kappa shape index (κ3) is 3.93. The Bertz CT molecular complexity index is 860. The smallest absolute Gasteiger partial charge is 0.251 e. The average Bonchev–Trinajstić information content (AvgIpc) is 2.57. The summed E-state index contributed by atoms with van der Waals surface area (Å²) < 4.78 is 29.7. The number of nitrogens with one attached hydrogen (secondary N) is 1. The number of hydrogen-bond acceptors (Lipinski definition) is 3. The molecule has 5 nitrogen and oxygen atoms in total. The third-order valence-electron chi connectivity index (χ3n) is 4.25.